The van der Waals surface area contributed by atoms with Crippen molar-refractivity contribution in [2.24, 2.45) is 0 Å². The van der Waals surface area contributed by atoms with Gasteiger partial charge in [0, 0.05) is 22.4 Å². The molecule has 1 heteroatoms. The lowest BCUT2D eigenvalue weighted by molar-refractivity contribution is 0.443. The molecule has 2 aliphatic carbocycles. The first kappa shape index (κ1) is 34.4. The van der Waals surface area contributed by atoms with Crippen LogP contribution >= 0.6 is 0 Å². The normalized spacial score (nSPS) is 15.2. The Kier molecular flexibility index (Phi) is 8.57. The third-order valence-electron chi connectivity index (χ3n) is 12.4. The van der Waals surface area contributed by atoms with Gasteiger partial charge in [-0.15, -0.1) is 0 Å². The van der Waals surface area contributed by atoms with Crippen LogP contribution in [0.15, 0.2) is 152 Å². The average Bonchev–Trinajstić information content (AvgIpc) is 3.44. The maximum Gasteiger partial charge on any atom is 0.0546 e. The molecule has 0 spiro atoms. The SMILES string of the molecule is CC(C)(C)c1ccccc1-c1cc2ccccc2cc1N(c1ccc(C2CCCCC2)cc1)c1ccc2c(c1)C(C)(C)c1cccc(-c3ccccc3)c1-2. The Balaban J connectivity index is 1.28. The second-order valence-electron chi connectivity index (χ2n) is 17.2. The molecule has 0 aromatic heterocycles. The molecule has 268 valence electrons. The van der Waals surface area contributed by atoms with Crippen LogP contribution in [0.25, 0.3) is 44.2 Å². The summed E-state index contributed by atoms with van der Waals surface area (Å²) in [5.74, 6) is 0.661. The van der Waals surface area contributed by atoms with Gasteiger partial charge in [0.25, 0.3) is 0 Å². The largest absolute Gasteiger partial charge is 0.310 e. The van der Waals surface area contributed by atoms with Crippen LogP contribution in [0.1, 0.15) is 94.9 Å². The van der Waals surface area contributed by atoms with Crippen molar-refractivity contribution >= 4 is 27.8 Å². The monoisotopic (exact) mass is 701 g/mol. The molecule has 1 saturated carbocycles. The standard InChI is InChI=1S/C53H51N/c1-52(2,3)47-25-15-14-23-44(47)46-33-39-21-12-13-22-40(39)34-50(46)54(41-29-27-37(28-30-41)36-17-8-6-9-18-36)42-31-32-45-49(35-42)53(4,5)48-26-16-24-43(51(45)48)38-19-10-7-11-20-38/h7,10-16,19-36H,6,8-9,17-18H2,1-5H3. The fraction of sp³-hybridized carbons (Fsp3) is 0.245. The van der Waals surface area contributed by atoms with Crippen LogP contribution in [-0.4, -0.2) is 0 Å². The van der Waals surface area contributed by atoms with Gasteiger partial charge in [-0.3, -0.25) is 0 Å². The molecular weight excluding hydrogens is 651 g/mol. The van der Waals surface area contributed by atoms with E-state index in [0.717, 1.165) is 0 Å². The summed E-state index contributed by atoms with van der Waals surface area (Å²) in [6.07, 6.45) is 6.64. The zero-order chi connectivity index (χ0) is 37.0. The van der Waals surface area contributed by atoms with Gasteiger partial charge < -0.3 is 4.90 Å². The molecule has 0 saturated heterocycles. The Morgan fingerprint density at radius 2 is 1.17 bits per heavy atom. The van der Waals surface area contributed by atoms with E-state index in [1.54, 1.807) is 0 Å². The van der Waals surface area contributed by atoms with Crippen LogP contribution in [0, 0.1) is 0 Å². The zero-order valence-electron chi connectivity index (χ0n) is 32.5. The lowest BCUT2D eigenvalue weighted by Gasteiger charge is -2.32. The van der Waals surface area contributed by atoms with Crippen molar-refractivity contribution in [3.63, 3.8) is 0 Å². The Morgan fingerprint density at radius 3 is 1.91 bits per heavy atom. The maximum atomic E-state index is 2.54. The van der Waals surface area contributed by atoms with Crippen molar-refractivity contribution in [1.29, 1.82) is 0 Å². The minimum atomic E-state index is -0.160. The maximum absolute atomic E-state index is 2.54. The third-order valence-corrected chi connectivity index (χ3v) is 12.4. The molecule has 7 aromatic rings. The molecule has 54 heavy (non-hydrogen) atoms. The fourth-order valence-electron chi connectivity index (χ4n) is 9.53. The lowest BCUT2D eigenvalue weighted by atomic mass is 9.81. The quantitative estimate of drug-likeness (QED) is 0.167. The van der Waals surface area contributed by atoms with Crippen molar-refractivity contribution in [2.75, 3.05) is 4.90 Å². The summed E-state index contributed by atoms with van der Waals surface area (Å²) >= 11 is 0. The van der Waals surface area contributed by atoms with Crippen LogP contribution in [-0.2, 0) is 10.8 Å². The van der Waals surface area contributed by atoms with E-state index < -0.39 is 0 Å². The molecule has 0 bridgehead atoms. The molecule has 0 unspecified atom stereocenters. The van der Waals surface area contributed by atoms with Gasteiger partial charge >= 0.3 is 0 Å². The smallest absolute Gasteiger partial charge is 0.0546 e. The van der Waals surface area contributed by atoms with Crippen molar-refractivity contribution in [3.8, 4) is 33.4 Å². The van der Waals surface area contributed by atoms with Crippen LogP contribution in [0.4, 0.5) is 17.1 Å². The highest BCUT2D eigenvalue weighted by Gasteiger charge is 2.38. The summed E-state index contributed by atoms with van der Waals surface area (Å²) in [7, 11) is 0. The Bertz CT molecular complexity index is 2470. The van der Waals surface area contributed by atoms with E-state index in [0.29, 0.717) is 5.92 Å². The molecule has 0 aliphatic heterocycles. The fourth-order valence-corrected chi connectivity index (χ4v) is 9.53. The number of hydrogen-bond acceptors (Lipinski definition) is 1. The van der Waals surface area contributed by atoms with Crippen LogP contribution in [0.2, 0.25) is 0 Å². The van der Waals surface area contributed by atoms with Gasteiger partial charge in [-0.2, -0.15) is 0 Å². The second-order valence-corrected chi connectivity index (χ2v) is 17.2. The van der Waals surface area contributed by atoms with Gasteiger partial charge in [-0.05, 0) is 121 Å². The number of nitrogens with zero attached hydrogens (tertiary/aromatic N) is 1. The topological polar surface area (TPSA) is 3.24 Å². The van der Waals surface area contributed by atoms with Crippen LogP contribution in [0.5, 0.6) is 0 Å². The molecule has 1 nitrogen and oxygen atoms in total. The summed E-state index contributed by atoms with van der Waals surface area (Å²) in [5.41, 5.74) is 16.8. The molecule has 9 rings (SSSR count). The lowest BCUT2D eigenvalue weighted by Crippen LogP contribution is -2.17. The van der Waals surface area contributed by atoms with Gasteiger partial charge in [-0.1, -0.05) is 169 Å². The predicted molar refractivity (Wildman–Crippen MR) is 232 cm³/mol. The number of anilines is 3. The minimum Gasteiger partial charge on any atom is -0.310 e. The minimum absolute atomic E-state index is 0.0220. The molecule has 2 aliphatic rings. The molecule has 0 heterocycles. The van der Waals surface area contributed by atoms with Crippen LogP contribution in [0.3, 0.4) is 0 Å². The van der Waals surface area contributed by atoms with Gasteiger partial charge in [0.2, 0.25) is 0 Å². The molecule has 1 fully saturated rings. The van der Waals surface area contributed by atoms with Gasteiger partial charge in [0.1, 0.15) is 0 Å². The van der Waals surface area contributed by atoms with E-state index in [1.165, 1.54) is 116 Å². The Labute approximate surface area is 322 Å². The van der Waals surface area contributed by atoms with Gasteiger partial charge in [-0.25, -0.2) is 0 Å². The van der Waals surface area contributed by atoms with E-state index in [1.807, 2.05) is 0 Å². The van der Waals surface area contributed by atoms with E-state index in [-0.39, 0.29) is 10.8 Å². The highest BCUT2D eigenvalue weighted by molar-refractivity contribution is 6.00. The summed E-state index contributed by atoms with van der Waals surface area (Å²) in [5, 5.41) is 2.50. The average molecular weight is 702 g/mol. The molecule has 0 N–H and O–H groups in total. The molecule has 0 radical (unpaired) electrons. The first-order valence-electron chi connectivity index (χ1n) is 20.0. The molecular formula is C53H51N. The number of hydrogen-bond donors (Lipinski definition) is 0. The highest BCUT2D eigenvalue weighted by Crippen LogP contribution is 2.54. The molecule has 0 amide bonds. The van der Waals surface area contributed by atoms with Crippen LogP contribution < -0.4 is 4.90 Å². The van der Waals surface area contributed by atoms with Crippen molar-refractivity contribution in [2.45, 2.75) is 83.5 Å². The first-order valence-corrected chi connectivity index (χ1v) is 20.0. The van der Waals surface area contributed by atoms with Crippen molar-refractivity contribution in [3.05, 3.63) is 174 Å². The molecule has 7 aromatic carbocycles. The summed E-state index contributed by atoms with van der Waals surface area (Å²) in [6, 6.07) is 57.4. The highest BCUT2D eigenvalue weighted by atomic mass is 15.1. The number of benzene rings is 7. The molecule has 0 atom stereocenters. The summed E-state index contributed by atoms with van der Waals surface area (Å²) in [6.45, 7) is 11.8. The van der Waals surface area contributed by atoms with E-state index in [2.05, 4.69) is 191 Å². The van der Waals surface area contributed by atoms with Crippen molar-refractivity contribution in [1.82, 2.24) is 0 Å². The predicted octanol–water partition coefficient (Wildman–Crippen LogP) is 15.3. The Hall–Kier alpha value is -5.40. The van der Waals surface area contributed by atoms with E-state index in [4.69, 9.17) is 0 Å². The summed E-state index contributed by atoms with van der Waals surface area (Å²) < 4.78 is 0. The van der Waals surface area contributed by atoms with E-state index >= 15 is 0 Å². The number of fused-ring (bicyclic) bond motifs is 4. The van der Waals surface area contributed by atoms with Gasteiger partial charge in [0.05, 0.1) is 5.69 Å². The zero-order valence-corrected chi connectivity index (χ0v) is 32.5. The Morgan fingerprint density at radius 1 is 0.519 bits per heavy atom. The second kappa shape index (κ2) is 13.5. The van der Waals surface area contributed by atoms with Gasteiger partial charge in [0.15, 0.2) is 0 Å². The van der Waals surface area contributed by atoms with Crippen molar-refractivity contribution < 1.29 is 0 Å². The van der Waals surface area contributed by atoms with E-state index in [9.17, 15) is 0 Å². The first-order chi connectivity index (χ1) is 26.2. The number of rotatable bonds is 6. The third kappa shape index (κ3) is 5.95. The summed E-state index contributed by atoms with van der Waals surface area (Å²) in [4.78, 5) is 2.54.